The van der Waals surface area contributed by atoms with Crippen molar-refractivity contribution < 1.29 is 21.0 Å². The average molecular weight is 784 g/mol. The number of hydrogen-bond acceptors (Lipinski definition) is 12. The van der Waals surface area contributed by atoms with Gasteiger partial charge >= 0.3 is 0 Å². The summed E-state index contributed by atoms with van der Waals surface area (Å²) in [7, 11) is -3.30. The van der Waals surface area contributed by atoms with E-state index in [1.807, 2.05) is 0 Å². The number of nitrogens with one attached hydrogen (secondary N) is 2. The highest BCUT2D eigenvalue weighted by molar-refractivity contribution is 7.85. The van der Waals surface area contributed by atoms with Crippen LogP contribution in [0.15, 0.2) is 22.4 Å². The molecule has 0 spiro atoms. The molecule has 0 saturated heterocycles. The Morgan fingerprint density at radius 1 is 0.565 bits per heavy atom. The molecule has 0 aliphatic carbocycles. The summed E-state index contributed by atoms with van der Waals surface area (Å²) < 4.78 is 53.1. The maximum absolute atomic E-state index is 10.8. The van der Waals surface area contributed by atoms with Crippen LogP contribution in [-0.4, -0.2) is 124 Å². The molecule has 0 saturated carbocycles. The molecule has 274 valence electrons. The average Bonchev–Trinajstić information content (AvgIpc) is 2.97. The Hall–Kier alpha value is -0.350. The Kier molecular flexibility index (Phi) is 50.9. The van der Waals surface area contributed by atoms with Crippen LogP contribution in [0.2, 0.25) is 0 Å². The lowest BCUT2D eigenvalue weighted by molar-refractivity contribution is 0.627. The highest BCUT2D eigenvalue weighted by Crippen LogP contribution is 1.94. The molecular formula is C29H61N5O5S7. The molecule has 0 radical (unpaired) electrons. The van der Waals surface area contributed by atoms with Crippen molar-refractivity contribution in [2.75, 3.05) is 92.8 Å². The summed E-state index contributed by atoms with van der Waals surface area (Å²) in [5, 5.41) is 11.0. The van der Waals surface area contributed by atoms with Crippen molar-refractivity contribution in [3.63, 3.8) is 0 Å². The van der Waals surface area contributed by atoms with Crippen LogP contribution in [-0.2, 0) is 54.0 Å². The maximum Gasteiger partial charge on any atom is 0.0912 e. The molecule has 4 N–H and O–H groups in total. The minimum absolute atomic E-state index is 0.623. The van der Waals surface area contributed by atoms with Gasteiger partial charge in [-0.15, -0.1) is 0 Å². The van der Waals surface area contributed by atoms with E-state index in [2.05, 4.69) is 62.0 Å². The number of thiocarbonyl (C=S) groups is 2. The van der Waals surface area contributed by atoms with Crippen LogP contribution in [0.4, 0.5) is 0 Å². The molecule has 0 aromatic rings. The van der Waals surface area contributed by atoms with Gasteiger partial charge in [-0.1, -0.05) is 6.58 Å². The summed E-state index contributed by atoms with van der Waals surface area (Å²) in [6.07, 6.45) is 18.4. The number of aliphatic imine (C=N–C) groups is 2. The molecular weight excluding hydrogens is 723 g/mol. The molecule has 0 heterocycles. The highest BCUT2D eigenvalue weighted by atomic mass is 32.2. The van der Waals surface area contributed by atoms with Crippen molar-refractivity contribution in [3.8, 4) is 0 Å². The SMILES string of the molecule is C=C(NCCCCS(C)=O)NCCCCS(C)=O.CS(=O)CCCCN.CS(=O)CCCCN=C=S.CS(=O)CCCCN=C=S. The summed E-state index contributed by atoms with van der Waals surface area (Å²) >= 11 is 8.75. The summed E-state index contributed by atoms with van der Waals surface area (Å²) in [5.41, 5.74) is 5.22. The van der Waals surface area contributed by atoms with Crippen LogP contribution in [0, 0.1) is 0 Å². The summed E-state index contributed by atoms with van der Waals surface area (Å²) in [6, 6.07) is 0. The Morgan fingerprint density at radius 3 is 1.11 bits per heavy atom. The van der Waals surface area contributed by atoms with E-state index < -0.39 is 54.0 Å². The molecule has 10 nitrogen and oxygen atoms in total. The van der Waals surface area contributed by atoms with E-state index >= 15 is 0 Å². The molecule has 0 aromatic carbocycles. The van der Waals surface area contributed by atoms with Crippen molar-refractivity contribution in [2.45, 2.75) is 64.2 Å². The molecule has 0 amide bonds. The Bertz CT molecular complexity index is 875. The van der Waals surface area contributed by atoms with Gasteiger partial charge in [0.05, 0.1) is 16.1 Å². The van der Waals surface area contributed by atoms with Crippen molar-refractivity contribution in [2.24, 2.45) is 15.7 Å². The van der Waals surface area contributed by atoms with E-state index in [0.717, 1.165) is 132 Å². The third-order valence-corrected chi connectivity index (χ3v) is 9.89. The van der Waals surface area contributed by atoms with E-state index in [1.54, 1.807) is 31.3 Å². The summed E-state index contributed by atoms with van der Waals surface area (Å²) in [4.78, 5) is 7.47. The zero-order chi connectivity index (χ0) is 35.8. The lowest BCUT2D eigenvalue weighted by Crippen LogP contribution is -2.27. The van der Waals surface area contributed by atoms with Crippen LogP contribution in [0.25, 0.3) is 0 Å². The zero-order valence-electron chi connectivity index (χ0n) is 28.7. The second-order valence-corrected chi connectivity index (χ2v) is 18.1. The van der Waals surface area contributed by atoms with Crippen LogP contribution in [0.5, 0.6) is 0 Å². The van der Waals surface area contributed by atoms with Crippen LogP contribution in [0.1, 0.15) is 64.2 Å². The number of rotatable bonds is 26. The Balaban J connectivity index is -0.000000271. The Labute approximate surface area is 303 Å². The van der Waals surface area contributed by atoms with E-state index in [4.69, 9.17) is 5.73 Å². The standard InChI is InChI=1S/C12H26N2O2S2.2C6H11NOS2.C5H13NOS/c1-12(13-8-4-6-10-17(2)15)14-9-5-7-11-18(3)16;2*1-10(8)5-3-2-4-7-6-9;1-8(7)5-3-2-4-6/h13-14H,1,4-11H2,2-3H3;2*2-5H2,1H3;2-6H2,1H3. The van der Waals surface area contributed by atoms with Crippen molar-refractivity contribution >= 4 is 88.8 Å². The minimum atomic E-state index is -0.682. The molecule has 17 heteroatoms. The first-order valence-electron chi connectivity index (χ1n) is 15.3. The van der Waals surface area contributed by atoms with Gasteiger partial charge in [0, 0.05) is 140 Å². The molecule has 0 aromatic heterocycles. The molecule has 0 rings (SSSR count). The van der Waals surface area contributed by atoms with Crippen LogP contribution < -0.4 is 16.4 Å². The van der Waals surface area contributed by atoms with Gasteiger partial charge < -0.3 is 16.4 Å². The third kappa shape index (κ3) is 66.1. The van der Waals surface area contributed by atoms with Crippen molar-refractivity contribution in [1.29, 1.82) is 0 Å². The highest BCUT2D eigenvalue weighted by Gasteiger charge is 1.96. The van der Waals surface area contributed by atoms with Gasteiger partial charge in [0.15, 0.2) is 0 Å². The quantitative estimate of drug-likeness (QED) is 0.0673. The van der Waals surface area contributed by atoms with E-state index in [9.17, 15) is 21.0 Å². The largest absolute Gasteiger partial charge is 0.372 e. The van der Waals surface area contributed by atoms with Crippen molar-refractivity contribution in [1.82, 2.24) is 10.6 Å². The number of isothiocyanates is 2. The van der Waals surface area contributed by atoms with Gasteiger partial charge in [0.25, 0.3) is 0 Å². The number of unbranched alkanes of at least 4 members (excludes halogenated alkanes) is 5. The molecule has 0 fully saturated rings. The molecule has 0 bridgehead atoms. The third-order valence-electron chi connectivity index (χ3n) is 5.31. The monoisotopic (exact) mass is 783 g/mol. The normalized spacial score (nSPS) is 13.1. The zero-order valence-corrected chi connectivity index (χ0v) is 34.4. The topological polar surface area (TPSA) is 160 Å². The van der Waals surface area contributed by atoms with Gasteiger partial charge in [-0.05, 0) is 95.2 Å². The fourth-order valence-corrected chi connectivity index (χ4v) is 6.17. The van der Waals surface area contributed by atoms with E-state index in [1.165, 1.54) is 0 Å². The van der Waals surface area contributed by atoms with Gasteiger partial charge in [-0.2, -0.15) is 0 Å². The van der Waals surface area contributed by atoms with Crippen LogP contribution >= 0.6 is 24.4 Å². The summed E-state index contributed by atoms with van der Waals surface area (Å²) in [5.74, 6) is 4.73. The second-order valence-electron chi connectivity index (χ2n) is 9.99. The first kappa shape index (κ1) is 52.5. The van der Waals surface area contributed by atoms with E-state index in [0.29, 0.717) is 0 Å². The van der Waals surface area contributed by atoms with Gasteiger partial charge in [0.2, 0.25) is 0 Å². The molecule has 5 atom stereocenters. The smallest absolute Gasteiger partial charge is 0.0912 e. The number of nitrogens with two attached hydrogens (primary N) is 1. The lowest BCUT2D eigenvalue weighted by Gasteiger charge is -2.11. The Morgan fingerprint density at radius 2 is 0.848 bits per heavy atom. The molecule has 46 heavy (non-hydrogen) atoms. The van der Waals surface area contributed by atoms with Gasteiger partial charge in [-0.25, -0.2) is 9.98 Å². The van der Waals surface area contributed by atoms with E-state index in [-0.39, 0.29) is 0 Å². The predicted octanol–water partition coefficient (Wildman–Crippen LogP) is 3.55. The van der Waals surface area contributed by atoms with Crippen molar-refractivity contribution in [3.05, 3.63) is 12.4 Å². The molecule has 0 aliphatic rings. The lowest BCUT2D eigenvalue weighted by atomic mass is 10.3. The first-order chi connectivity index (χ1) is 21.8. The summed E-state index contributed by atoms with van der Waals surface area (Å²) in [6.45, 7) is 7.77. The molecule has 0 aliphatic heterocycles. The number of hydrogen-bond donors (Lipinski definition) is 3. The fraction of sp³-hybridized carbons (Fsp3) is 0.862. The second kappa shape index (κ2) is 44.6. The minimum Gasteiger partial charge on any atom is -0.372 e. The fourth-order valence-electron chi connectivity index (χ4n) is 2.94. The van der Waals surface area contributed by atoms with Gasteiger partial charge in [-0.3, -0.25) is 21.0 Å². The maximum atomic E-state index is 10.8. The predicted molar refractivity (Wildman–Crippen MR) is 215 cm³/mol. The van der Waals surface area contributed by atoms with Gasteiger partial charge in [0.1, 0.15) is 0 Å². The van der Waals surface area contributed by atoms with Crippen LogP contribution in [0.3, 0.4) is 0 Å². The first-order valence-corrected chi connectivity index (χ1v) is 24.7. The number of nitrogens with zero attached hydrogens (tertiary/aromatic N) is 2. The molecule has 5 unspecified atom stereocenters.